The summed E-state index contributed by atoms with van der Waals surface area (Å²) in [5.41, 5.74) is 6.14. The van der Waals surface area contributed by atoms with E-state index in [0.29, 0.717) is 28.4 Å². The molecule has 2 amide bonds. The van der Waals surface area contributed by atoms with Crippen molar-refractivity contribution in [3.8, 4) is 11.5 Å². The van der Waals surface area contributed by atoms with Gasteiger partial charge in [-0.2, -0.15) is 0 Å². The van der Waals surface area contributed by atoms with Gasteiger partial charge >= 0.3 is 0 Å². The van der Waals surface area contributed by atoms with E-state index in [4.69, 9.17) is 15.2 Å². The molecule has 3 rings (SSSR count). The minimum atomic E-state index is -0.813. The molecule has 25 heavy (non-hydrogen) atoms. The topological polar surface area (TPSA) is 113 Å². The zero-order valence-corrected chi connectivity index (χ0v) is 13.8. The highest BCUT2D eigenvalue weighted by atomic mass is 16.7. The molecule has 2 aromatic rings. The van der Waals surface area contributed by atoms with Crippen LogP contribution in [0.25, 0.3) is 0 Å². The third-order valence-electron chi connectivity index (χ3n) is 3.91. The lowest BCUT2D eigenvalue weighted by Gasteiger charge is -2.13. The minimum Gasteiger partial charge on any atom is -0.454 e. The number of rotatable bonds is 4. The molecule has 2 heterocycles. The van der Waals surface area contributed by atoms with E-state index in [0.717, 1.165) is 0 Å². The summed E-state index contributed by atoms with van der Waals surface area (Å²) < 4.78 is 11.7. The highest BCUT2D eigenvalue weighted by molar-refractivity contribution is 5.94. The third kappa shape index (κ3) is 3.18. The fraction of sp³-hybridized carbons (Fsp3) is 0.235. The van der Waals surface area contributed by atoms with Gasteiger partial charge in [-0.05, 0) is 37.6 Å². The van der Waals surface area contributed by atoms with Gasteiger partial charge in [-0.1, -0.05) is 0 Å². The summed E-state index contributed by atoms with van der Waals surface area (Å²) in [5, 5.41) is 2.69. The van der Waals surface area contributed by atoms with Crippen LogP contribution >= 0.6 is 0 Å². The lowest BCUT2D eigenvalue weighted by molar-refractivity contribution is -0.116. The second kappa shape index (κ2) is 6.31. The normalized spacial score (nSPS) is 12.1. The molecule has 0 radical (unpaired) electrons. The van der Waals surface area contributed by atoms with Gasteiger partial charge in [0, 0.05) is 17.4 Å². The van der Waals surface area contributed by atoms with Crippen LogP contribution in [-0.4, -0.2) is 23.2 Å². The first kappa shape index (κ1) is 16.6. The maximum Gasteiger partial charge on any atom is 0.264 e. The Morgan fingerprint density at radius 1 is 1.20 bits per heavy atom. The number of pyridine rings is 1. The van der Waals surface area contributed by atoms with Gasteiger partial charge in [-0.3, -0.25) is 14.4 Å². The highest BCUT2D eigenvalue weighted by Crippen LogP contribution is 2.34. The molecule has 0 bridgehead atoms. The molecule has 0 aliphatic carbocycles. The SMILES string of the molecule is Cc1cc(C)n(CC(=O)Nc2ccc3c(c2)OCO3)c(=O)c1C(N)=O. The maximum absolute atomic E-state index is 12.4. The predicted octanol–water partition coefficient (Wildman–Crippen LogP) is 0.931. The van der Waals surface area contributed by atoms with E-state index in [2.05, 4.69) is 5.32 Å². The number of carbonyl (C=O) groups excluding carboxylic acids is 2. The predicted molar refractivity (Wildman–Crippen MR) is 89.9 cm³/mol. The van der Waals surface area contributed by atoms with Crippen molar-refractivity contribution < 1.29 is 19.1 Å². The molecule has 8 nitrogen and oxygen atoms in total. The molecule has 0 saturated heterocycles. The van der Waals surface area contributed by atoms with E-state index in [1.807, 2.05) is 0 Å². The number of carbonyl (C=O) groups is 2. The van der Waals surface area contributed by atoms with E-state index < -0.39 is 17.4 Å². The van der Waals surface area contributed by atoms with Gasteiger partial charge in [0.1, 0.15) is 12.1 Å². The van der Waals surface area contributed by atoms with Crippen LogP contribution in [0.3, 0.4) is 0 Å². The van der Waals surface area contributed by atoms with Crippen molar-refractivity contribution in [2.24, 2.45) is 5.73 Å². The lowest BCUT2D eigenvalue weighted by atomic mass is 10.1. The lowest BCUT2D eigenvalue weighted by Crippen LogP contribution is -2.35. The number of fused-ring (bicyclic) bond motifs is 1. The van der Waals surface area contributed by atoms with Crippen molar-refractivity contribution in [3.63, 3.8) is 0 Å². The van der Waals surface area contributed by atoms with Crippen LogP contribution in [0.2, 0.25) is 0 Å². The fourth-order valence-corrected chi connectivity index (χ4v) is 2.74. The summed E-state index contributed by atoms with van der Waals surface area (Å²) in [7, 11) is 0. The first-order valence-corrected chi connectivity index (χ1v) is 7.57. The molecule has 3 N–H and O–H groups in total. The van der Waals surface area contributed by atoms with Crippen LogP contribution in [0, 0.1) is 13.8 Å². The van der Waals surface area contributed by atoms with Gasteiger partial charge in [-0.25, -0.2) is 0 Å². The Morgan fingerprint density at radius 3 is 2.64 bits per heavy atom. The molecule has 0 atom stereocenters. The van der Waals surface area contributed by atoms with Gasteiger partial charge in [-0.15, -0.1) is 0 Å². The number of anilines is 1. The van der Waals surface area contributed by atoms with Crippen molar-refractivity contribution in [1.29, 1.82) is 0 Å². The molecule has 130 valence electrons. The number of aryl methyl sites for hydroxylation is 2. The molecule has 1 aromatic carbocycles. The number of hydrogen-bond donors (Lipinski definition) is 2. The Bertz CT molecular complexity index is 933. The first-order valence-electron chi connectivity index (χ1n) is 7.57. The van der Waals surface area contributed by atoms with E-state index in [1.54, 1.807) is 38.1 Å². The van der Waals surface area contributed by atoms with E-state index in [9.17, 15) is 14.4 Å². The largest absolute Gasteiger partial charge is 0.454 e. The average Bonchev–Trinajstić information content (AvgIpc) is 2.98. The summed E-state index contributed by atoms with van der Waals surface area (Å²) in [6.07, 6.45) is 0. The monoisotopic (exact) mass is 343 g/mol. The summed E-state index contributed by atoms with van der Waals surface area (Å²) in [4.78, 5) is 36.2. The Labute approximate surface area is 143 Å². The van der Waals surface area contributed by atoms with Crippen molar-refractivity contribution in [3.05, 3.63) is 51.4 Å². The standard InChI is InChI=1S/C17H17N3O5/c1-9-5-10(2)20(17(23)15(9)16(18)22)7-14(21)19-11-3-4-12-13(6-11)25-8-24-12/h3-6H,7-8H2,1-2H3,(H2,18,22)(H,19,21). The first-order chi connectivity index (χ1) is 11.9. The fourth-order valence-electron chi connectivity index (χ4n) is 2.74. The van der Waals surface area contributed by atoms with E-state index in [-0.39, 0.29) is 18.9 Å². The number of nitrogens with one attached hydrogen (secondary N) is 1. The molecule has 0 spiro atoms. The van der Waals surface area contributed by atoms with Crippen LogP contribution in [0.5, 0.6) is 11.5 Å². The number of benzene rings is 1. The molecule has 1 aliphatic heterocycles. The zero-order valence-electron chi connectivity index (χ0n) is 13.8. The summed E-state index contributed by atoms with van der Waals surface area (Å²) in [6, 6.07) is 6.65. The van der Waals surface area contributed by atoms with Crippen molar-refractivity contribution >= 4 is 17.5 Å². The van der Waals surface area contributed by atoms with Crippen LogP contribution in [0.1, 0.15) is 21.6 Å². The van der Waals surface area contributed by atoms with Crippen LogP contribution in [0.4, 0.5) is 5.69 Å². The van der Waals surface area contributed by atoms with Gasteiger partial charge in [0.25, 0.3) is 11.5 Å². The quantitative estimate of drug-likeness (QED) is 0.857. The Morgan fingerprint density at radius 2 is 1.92 bits per heavy atom. The summed E-state index contributed by atoms with van der Waals surface area (Å²) >= 11 is 0. The summed E-state index contributed by atoms with van der Waals surface area (Å²) in [6.45, 7) is 3.22. The number of nitrogens with two attached hydrogens (primary N) is 1. The molecular weight excluding hydrogens is 326 g/mol. The molecule has 1 aromatic heterocycles. The smallest absolute Gasteiger partial charge is 0.264 e. The third-order valence-corrected chi connectivity index (χ3v) is 3.91. The molecule has 1 aliphatic rings. The Hall–Kier alpha value is -3.29. The van der Waals surface area contributed by atoms with Crippen LogP contribution in [-0.2, 0) is 11.3 Å². The van der Waals surface area contributed by atoms with Crippen LogP contribution < -0.4 is 26.1 Å². The number of nitrogens with zero attached hydrogens (tertiary/aromatic N) is 1. The zero-order chi connectivity index (χ0) is 18.1. The second-order valence-electron chi connectivity index (χ2n) is 5.72. The Kier molecular flexibility index (Phi) is 4.18. The molecule has 0 unspecified atom stereocenters. The number of aromatic nitrogens is 1. The minimum absolute atomic E-state index is 0.110. The number of ether oxygens (including phenoxy) is 2. The van der Waals surface area contributed by atoms with Gasteiger partial charge in [0.2, 0.25) is 12.7 Å². The van der Waals surface area contributed by atoms with Crippen molar-refractivity contribution in [2.45, 2.75) is 20.4 Å². The number of primary amides is 1. The molecular formula is C17H17N3O5. The molecule has 8 heteroatoms. The number of amides is 2. The van der Waals surface area contributed by atoms with Gasteiger partial charge in [0.05, 0.1) is 0 Å². The molecule has 0 fully saturated rings. The average molecular weight is 343 g/mol. The molecule has 0 saturated carbocycles. The van der Waals surface area contributed by atoms with E-state index >= 15 is 0 Å². The highest BCUT2D eigenvalue weighted by Gasteiger charge is 2.18. The van der Waals surface area contributed by atoms with Crippen LogP contribution in [0.15, 0.2) is 29.1 Å². The second-order valence-corrected chi connectivity index (χ2v) is 5.72. The van der Waals surface area contributed by atoms with Crippen molar-refractivity contribution in [2.75, 3.05) is 12.1 Å². The number of hydrogen-bond acceptors (Lipinski definition) is 5. The van der Waals surface area contributed by atoms with Gasteiger partial charge < -0.3 is 25.1 Å². The van der Waals surface area contributed by atoms with E-state index in [1.165, 1.54) is 4.57 Å². The maximum atomic E-state index is 12.4. The Balaban J connectivity index is 1.83. The van der Waals surface area contributed by atoms with Gasteiger partial charge in [0.15, 0.2) is 11.5 Å². The van der Waals surface area contributed by atoms with Crippen molar-refractivity contribution in [1.82, 2.24) is 4.57 Å². The summed E-state index contributed by atoms with van der Waals surface area (Å²) in [5.74, 6) is -0.0806.